The topological polar surface area (TPSA) is 41.1 Å². The number of carbonyl (C=O) groups excluding carboxylic acids is 1. The van der Waals surface area contributed by atoms with Crippen LogP contribution in [0.25, 0.3) is 0 Å². The number of halogens is 1. The molecular formula is C18H19BrN2OS. The molecule has 3 nitrogen and oxygen atoms in total. The van der Waals surface area contributed by atoms with Gasteiger partial charge in [0.25, 0.3) is 5.91 Å². The van der Waals surface area contributed by atoms with Crippen molar-refractivity contribution in [3.8, 4) is 0 Å². The Kier molecular flexibility index (Phi) is 5.91. The molecule has 0 aromatic heterocycles. The molecule has 0 fully saturated rings. The summed E-state index contributed by atoms with van der Waals surface area (Å²) in [6.45, 7) is 6.21. The Morgan fingerprint density at radius 3 is 2.52 bits per heavy atom. The van der Waals surface area contributed by atoms with E-state index in [1.807, 2.05) is 31.2 Å². The van der Waals surface area contributed by atoms with E-state index in [4.69, 9.17) is 12.2 Å². The molecule has 120 valence electrons. The average molecular weight is 391 g/mol. The van der Waals surface area contributed by atoms with Crippen molar-refractivity contribution < 1.29 is 4.79 Å². The first-order chi connectivity index (χ1) is 10.9. The third kappa shape index (κ3) is 4.62. The zero-order valence-electron chi connectivity index (χ0n) is 13.3. The number of anilines is 1. The summed E-state index contributed by atoms with van der Waals surface area (Å²) in [5.74, 6) is 0.135. The van der Waals surface area contributed by atoms with Crippen molar-refractivity contribution in [1.29, 1.82) is 0 Å². The van der Waals surface area contributed by atoms with Crippen molar-refractivity contribution in [1.82, 2.24) is 5.32 Å². The largest absolute Gasteiger partial charge is 0.332 e. The Balaban J connectivity index is 2.07. The van der Waals surface area contributed by atoms with Gasteiger partial charge in [0.15, 0.2) is 5.11 Å². The molecule has 5 heteroatoms. The summed E-state index contributed by atoms with van der Waals surface area (Å²) in [6.07, 6.45) is 0. The second-order valence-electron chi connectivity index (χ2n) is 5.61. The van der Waals surface area contributed by atoms with E-state index in [0.717, 1.165) is 21.3 Å². The van der Waals surface area contributed by atoms with Crippen LogP contribution in [0.2, 0.25) is 0 Å². The van der Waals surface area contributed by atoms with Crippen LogP contribution in [0, 0.1) is 6.92 Å². The van der Waals surface area contributed by atoms with Crippen molar-refractivity contribution in [2.24, 2.45) is 0 Å². The van der Waals surface area contributed by atoms with Crippen LogP contribution in [0.1, 0.15) is 41.3 Å². The minimum atomic E-state index is -0.231. The van der Waals surface area contributed by atoms with Crippen LogP contribution in [-0.4, -0.2) is 11.0 Å². The van der Waals surface area contributed by atoms with Gasteiger partial charge in [-0.2, -0.15) is 0 Å². The maximum atomic E-state index is 12.3. The number of para-hydroxylation sites is 1. The maximum Gasteiger partial charge on any atom is 0.257 e. The van der Waals surface area contributed by atoms with Crippen LogP contribution < -0.4 is 10.6 Å². The fourth-order valence-corrected chi connectivity index (χ4v) is 2.76. The van der Waals surface area contributed by atoms with Crippen molar-refractivity contribution >= 4 is 44.9 Å². The molecule has 0 heterocycles. The Labute approximate surface area is 150 Å². The molecule has 0 spiro atoms. The maximum absolute atomic E-state index is 12.3. The highest BCUT2D eigenvalue weighted by atomic mass is 79.9. The van der Waals surface area contributed by atoms with Crippen molar-refractivity contribution in [3.05, 3.63) is 63.6 Å². The normalized spacial score (nSPS) is 10.5. The zero-order valence-corrected chi connectivity index (χ0v) is 15.7. The van der Waals surface area contributed by atoms with E-state index in [2.05, 4.69) is 46.5 Å². The fourth-order valence-electron chi connectivity index (χ4n) is 2.18. The summed E-state index contributed by atoms with van der Waals surface area (Å²) < 4.78 is 0.897. The van der Waals surface area contributed by atoms with E-state index >= 15 is 0 Å². The van der Waals surface area contributed by atoms with Crippen LogP contribution in [0.4, 0.5) is 5.69 Å². The van der Waals surface area contributed by atoms with E-state index in [1.54, 1.807) is 12.1 Å². The van der Waals surface area contributed by atoms with Crippen LogP contribution in [0.3, 0.4) is 0 Å². The highest BCUT2D eigenvalue weighted by Crippen LogP contribution is 2.23. The number of benzene rings is 2. The smallest absolute Gasteiger partial charge is 0.257 e. The number of carbonyl (C=O) groups is 1. The molecule has 0 unspecified atom stereocenters. The Morgan fingerprint density at radius 1 is 1.17 bits per heavy atom. The lowest BCUT2D eigenvalue weighted by Gasteiger charge is -2.15. The van der Waals surface area contributed by atoms with E-state index in [-0.39, 0.29) is 5.91 Å². The molecule has 0 bridgehead atoms. The first kappa shape index (κ1) is 17.6. The molecule has 0 aliphatic carbocycles. The summed E-state index contributed by atoms with van der Waals surface area (Å²) in [7, 11) is 0. The minimum absolute atomic E-state index is 0.231. The number of amides is 1. The Hall–Kier alpha value is -1.72. The van der Waals surface area contributed by atoms with E-state index < -0.39 is 0 Å². The third-order valence-corrected chi connectivity index (χ3v) is 4.55. The van der Waals surface area contributed by atoms with Crippen LogP contribution in [0.15, 0.2) is 46.9 Å². The van der Waals surface area contributed by atoms with Crippen molar-refractivity contribution in [2.45, 2.75) is 26.7 Å². The highest BCUT2D eigenvalue weighted by Gasteiger charge is 2.11. The van der Waals surface area contributed by atoms with Crippen LogP contribution >= 0.6 is 28.1 Å². The number of thiocarbonyl (C=S) groups is 1. The SMILES string of the molecule is Cc1ccc(C(=O)NC(=S)Nc2ccccc2C(C)C)cc1Br. The van der Waals surface area contributed by atoms with Crippen molar-refractivity contribution in [2.75, 3.05) is 5.32 Å². The average Bonchev–Trinajstić information content (AvgIpc) is 2.50. The van der Waals surface area contributed by atoms with Gasteiger partial charge in [0.2, 0.25) is 0 Å². The monoisotopic (exact) mass is 390 g/mol. The van der Waals surface area contributed by atoms with Gasteiger partial charge in [0.05, 0.1) is 0 Å². The number of hydrogen-bond donors (Lipinski definition) is 2. The predicted octanol–water partition coefficient (Wildman–Crippen LogP) is 5.01. The molecule has 2 aromatic rings. The summed E-state index contributed by atoms with van der Waals surface area (Å²) in [5, 5.41) is 6.12. The quantitative estimate of drug-likeness (QED) is 0.723. The van der Waals surface area contributed by atoms with Crippen molar-refractivity contribution in [3.63, 3.8) is 0 Å². The molecule has 1 amide bonds. The van der Waals surface area contributed by atoms with E-state index in [1.165, 1.54) is 0 Å². The first-order valence-electron chi connectivity index (χ1n) is 7.36. The van der Waals surface area contributed by atoms with Gasteiger partial charge in [-0.25, -0.2) is 0 Å². The number of aryl methyl sites for hydroxylation is 1. The second kappa shape index (κ2) is 7.70. The summed E-state index contributed by atoms with van der Waals surface area (Å²) in [6, 6.07) is 13.4. The second-order valence-corrected chi connectivity index (χ2v) is 6.88. The number of nitrogens with one attached hydrogen (secondary N) is 2. The summed E-state index contributed by atoms with van der Waals surface area (Å²) in [4.78, 5) is 12.3. The summed E-state index contributed by atoms with van der Waals surface area (Å²) >= 11 is 8.69. The van der Waals surface area contributed by atoms with Gasteiger partial charge in [0.1, 0.15) is 0 Å². The van der Waals surface area contributed by atoms with E-state index in [0.29, 0.717) is 16.6 Å². The van der Waals surface area contributed by atoms with Gasteiger partial charge in [0, 0.05) is 15.7 Å². The third-order valence-electron chi connectivity index (χ3n) is 3.49. The first-order valence-corrected chi connectivity index (χ1v) is 8.56. The Bertz CT molecular complexity index is 744. The number of hydrogen-bond acceptors (Lipinski definition) is 2. The standard InChI is InChI=1S/C18H19BrN2OS/c1-11(2)14-6-4-5-7-16(14)20-18(23)21-17(22)13-9-8-12(3)15(19)10-13/h4-11H,1-3H3,(H2,20,21,22,23). The predicted molar refractivity (Wildman–Crippen MR) is 103 cm³/mol. The fraction of sp³-hybridized carbons (Fsp3) is 0.222. The van der Waals surface area contributed by atoms with Gasteiger partial charge in [-0.15, -0.1) is 0 Å². The highest BCUT2D eigenvalue weighted by molar-refractivity contribution is 9.10. The molecule has 0 saturated heterocycles. The molecule has 2 aromatic carbocycles. The molecule has 0 aliphatic rings. The molecule has 23 heavy (non-hydrogen) atoms. The lowest BCUT2D eigenvalue weighted by Crippen LogP contribution is -2.34. The van der Waals surface area contributed by atoms with Crippen LogP contribution in [0.5, 0.6) is 0 Å². The summed E-state index contributed by atoms with van der Waals surface area (Å²) in [5.41, 5.74) is 3.71. The molecule has 2 N–H and O–H groups in total. The van der Waals surface area contributed by atoms with Gasteiger partial charge < -0.3 is 5.32 Å². The van der Waals surface area contributed by atoms with Crippen LogP contribution in [-0.2, 0) is 0 Å². The Morgan fingerprint density at radius 2 is 1.87 bits per heavy atom. The molecule has 0 atom stereocenters. The van der Waals surface area contributed by atoms with Gasteiger partial charge in [-0.3, -0.25) is 10.1 Å². The molecular weight excluding hydrogens is 372 g/mol. The van der Waals surface area contributed by atoms with Gasteiger partial charge >= 0.3 is 0 Å². The molecule has 2 rings (SSSR count). The molecule has 0 saturated carbocycles. The lowest BCUT2D eigenvalue weighted by molar-refractivity contribution is 0.0977. The van der Waals surface area contributed by atoms with E-state index in [9.17, 15) is 4.79 Å². The minimum Gasteiger partial charge on any atom is -0.332 e. The molecule has 0 radical (unpaired) electrons. The lowest BCUT2D eigenvalue weighted by atomic mass is 10.0. The van der Waals surface area contributed by atoms with Gasteiger partial charge in [-0.1, -0.05) is 54.0 Å². The number of rotatable bonds is 3. The molecule has 0 aliphatic heterocycles. The zero-order chi connectivity index (χ0) is 17.0. The van der Waals surface area contributed by atoms with Gasteiger partial charge in [-0.05, 0) is 54.4 Å².